The highest BCUT2D eigenvalue weighted by atomic mass is 16.5. The van der Waals surface area contributed by atoms with Gasteiger partial charge in [-0.15, -0.1) is 0 Å². The molecule has 0 saturated carbocycles. The van der Waals surface area contributed by atoms with E-state index in [-0.39, 0.29) is 23.9 Å². The summed E-state index contributed by atoms with van der Waals surface area (Å²) in [6, 6.07) is 0. The molecular weight excluding hydrogens is 168 g/mol. The van der Waals surface area contributed by atoms with Gasteiger partial charge in [0.1, 0.15) is 0 Å². The van der Waals surface area contributed by atoms with Crippen LogP contribution in [0.3, 0.4) is 0 Å². The van der Waals surface area contributed by atoms with E-state index in [1.165, 1.54) is 0 Å². The smallest absolute Gasteiger partial charge is 0.309 e. The van der Waals surface area contributed by atoms with Gasteiger partial charge in [-0.3, -0.25) is 4.79 Å². The van der Waals surface area contributed by atoms with Crippen molar-refractivity contribution in [2.45, 2.75) is 32.0 Å². The molecule has 1 saturated heterocycles. The van der Waals surface area contributed by atoms with E-state index in [4.69, 9.17) is 4.74 Å². The maximum atomic E-state index is 11.4. The number of ether oxygens (including phenoxy) is 1. The molecule has 0 amide bonds. The first-order valence-corrected chi connectivity index (χ1v) is 4.73. The monoisotopic (exact) mass is 182 g/mol. The minimum atomic E-state index is -0.464. The summed E-state index contributed by atoms with van der Waals surface area (Å²) in [6.45, 7) is 1.87. The second-order valence-corrected chi connectivity index (χ2v) is 3.91. The van der Waals surface area contributed by atoms with Gasteiger partial charge in [0.2, 0.25) is 0 Å². The highest BCUT2D eigenvalue weighted by molar-refractivity contribution is 5.74. The summed E-state index contributed by atoms with van der Waals surface area (Å²) in [5.41, 5.74) is 0. The zero-order chi connectivity index (χ0) is 9.42. The molecule has 0 radical (unpaired) electrons. The van der Waals surface area contributed by atoms with Gasteiger partial charge >= 0.3 is 5.97 Å². The molecule has 2 rings (SSSR count). The van der Waals surface area contributed by atoms with Gasteiger partial charge in [-0.1, -0.05) is 12.2 Å². The van der Waals surface area contributed by atoms with E-state index in [1.54, 1.807) is 6.08 Å². The third-order valence-corrected chi connectivity index (χ3v) is 2.90. The third kappa shape index (κ3) is 1.48. The van der Waals surface area contributed by atoms with Crippen molar-refractivity contribution in [2.24, 2.45) is 11.8 Å². The maximum absolute atomic E-state index is 11.4. The zero-order valence-corrected chi connectivity index (χ0v) is 7.64. The van der Waals surface area contributed by atoms with Gasteiger partial charge in [0.25, 0.3) is 0 Å². The summed E-state index contributed by atoms with van der Waals surface area (Å²) in [7, 11) is 0. The van der Waals surface area contributed by atoms with Crippen LogP contribution in [0.15, 0.2) is 12.2 Å². The van der Waals surface area contributed by atoms with Gasteiger partial charge in [-0.2, -0.15) is 0 Å². The van der Waals surface area contributed by atoms with Crippen molar-refractivity contribution >= 4 is 5.97 Å². The summed E-state index contributed by atoms with van der Waals surface area (Å²) in [4.78, 5) is 11.4. The molecule has 1 aliphatic carbocycles. The lowest BCUT2D eigenvalue weighted by Crippen LogP contribution is -2.43. The van der Waals surface area contributed by atoms with Crippen molar-refractivity contribution in [2.75, 3.05) is 0 Å². The number of esters is 1. The number of fused-ring (bicyclic) bond motifs is 1. The fourth-order valence-corrected chi connectivity index (χ4v) is 2.21. The molecule has 1 fully saturated rings. The van der Waals surface area contributed by atoms with Crippen LogP contribution in [0.5, 0.6) is 0 Å². The quantitative estimate of drug-likeness (QED) is 0.446. The molecule has 0 spiro atoms. The minimum absolute atomic E-state index is 0.0464. The van der Waals surface area contributed by atoms with Gasteiger partial charge in [-0.25, -0.2) is 0 Å². The first kappa shape index (κ1) is 8.75. The van der Waals surface area contributed by atoms with Crippen LogP contribution in [0.4, 0.5) is 0 Å². The Morgan fingerprint density at radius 3 is 3.15 bits per heavy atom. The number of aliphatic hydroxyl groups excluding tert-OH is 1. The fraction of sp³-hybridized carbons (Fsp3) is 0.700. The Kier molecular flexibility index (Phi) is 2.12. The predicted octanol–water partition coefficient (Wildman–Crippen LogP) is 0.875. The second-order valence-electron chi connectivity index (χ2n) is 3.91. The van der Waals surface area contributed by atoms with Crippen LogP contribution in [-0.4, -0.2) is 23.3 Å². The zero-order valence-electron chi connectivity index (χ0n) is 7.64. The number of hydrogen-bond donors (Lipinski definition) is 1. The molecule has 1 aliphatic heterocycles. The Morgan fingerprint density at radius 1 is 1.62 bits per heavy atom. The molecule has 3 unspecified atom stereocenters. The number of rotatable bonds is 0. The van der Waals surface area contributed by atoms with Crippen LogP contribution in [0.1, 0.15) is 19.8 Å². The molecule has 72 valence electrons. The molecule has 0 aromatic carbocycles. The number of carbonyl (C=O) groups is 1. The van der Waals surface area contributed by atoms with Crippen molar-refractivity contribution in [1.29, 1.82) is 0 Å². The molecule has 2 aliphatic rings. The molecule has 0 bridgehead atoms. The average Bonchev–Trinajstić information content (AvgIpc) is 2.07. The average molecular weight is 182 g/mol. The molecular formula is C10H14O3. The Bertz CT molecular complexity index is 247. The molecule has 13 heavy (non-hydrogen) atoms. The number of carbonyl (C=O) groups excluding carboxylic acids is 1. The molecule has 3 heteroatoms. The highest BCUT2D eigenvalue weighted by Gasteiger charge is 2.40. The summed E-state index contributed by atoms with van der Waals surface area (Å²) in [5, 5.41) is 9.65. The third-order valence-electron chi connectivity index (χ3n) is 2.90. The van der Waals surface area contributed by atoms with Crippen LogP contribution in [0, 0.1) is 11.8 Å². The van der Waals surface area contributed by atoms with Crippen LogP contribution < -0.4 is 0 Å². The largest absolute Gasteiger partial charge is 0.462 e. The van der Waals surface area contributed by atoms with E-state index in [2.05, 4.69) is 0 Å². The standard InChI is InChI=1S/C10H14O3/c1-6-5-8-7(10(12)13-6)3-2-4-9(8)11/h2,4,6-9,11H,3,5H2,1H3/t6-,7?,8?,9?/m0/s1. The lowest BCUT2D eigenvalue weighted by Gasteiger charge is -2.37. The summed E-state index contributed by atoms with van der Waals surface area (Å²) >= 11 is 0. The van der Waals surface area contributed by atoms with Gasteiger partial charge in [0.05, 0.1) is 18.1 Å². The molecule has 3 nitrogen and oxygen atoms in total. The van der Waals surface area contributed by atoms with Crippen LogP contribution >= 0.6 is 0 Å². The Morgan fingerprint density at radius 2 is 2.38 bits per heavy atom. The normalized spacial score (nSPS) is 44.0. The van der Waals surface area contributed by atoms with Gasteiger partial charge < -0.3 is 9.84 Å². The number of allylic oxidation sites excluding steroid dienone is 1. The maximum Gasteiger partial charge on any atom is 0.309 e. The van der Waals surface area contributed by atoms with E-state index >= 15 is 0 Å². The van der Waals surface area contributed by atoms with E-state index in [0.717, 1.165) is 6.42 Å². The fourth-order valence-electron chi connectivity index (χ4n) is 2.21. The summed E-state index contributed by atoms with van der Waals surface area (Å²) in [5.74, 6) is -0.190. The van der Waals surface area contributed by atoms with Crippen molar-refractivity contribution in [3.8, 4) is 0 Å². The molecule has 1 N–H and O–H groups in total. The number of aliphatic hydroxyl groups is 1. The predicted molar refractivity (Wildman–Crippen MR) is 46.9 cm³/mol. The molecule has 0 aromatic rings. The van der Waals surface area contributed by atoms with Crippen LogP contribution in [-0.2, 0) is 9.53 Å². The number of cyclic esters (lactones) is 1. The highest BCUT2D eigenvalue weighted by Crippen LogP contribution is 2.35. The SMILES string of the molecule is C[C@H]1CC2C(O)C=CCC2C(=O)O1. The van der Waals surface area contributed by atoms with E-state index in [9.17, 15) is 9.90 Å². The summed E-state index contributed by atoms with van der Waals surface area (Å²) < 4.78 is 5.12. The minimum Gasteiger partial charge on any atom is -0.462 e. The van der Waals surface area contributed by atoms with Crippen molar-refractivity contribution < 1.29 is 14.6 Å². The van der Waals surface area contributed by atoms with Crippen molar-refractivity contribution in [3.63, 3.8) is 0 Å². The van der Waals surface area contributed by atoms with Crippen LogP contribution in [0.25, 0.3) is 0 Å². The van der Waals surface area contributed by atoms with E-state index in [0.29, 0.717) is 6.42 Å². The molecule has 4 atom stereocenters. The van der Waals surface area contributed by atoms with E-state index in [1.807, 2.05) is 13.0 Å². The van der Waals surface area contributed by atoms with Gasteiger partial charge in [0, 0.05) is 5.92 Å². The van der Waals surface area contributed by atoms with Crippen molar-refractivity contribution in [3.05, 3.63) is 12.2 Å². The first-order chi connectivity index (χ1) is 6.18. The Balaban J connectivity index is 2.19. The molecule has 0 aromatic heterocycles. The first-order valence-electron chi connectivity index (χ1n) is 4.73. The topological polar surface area (TPSA) is 46.5 Å². The number of hydrogen-bond acceptors (Lipinski definition) is 3. The summed E-state index contributed by atoms with van der Waals surface area (Å²) in [6.07, 6.45) is 4.63. The van der Waals surface area contributed by atoms with Gasteiger partial charge in [0.15, 0.2) is 0 Å². The lowest BCUT2D eigenvalue weighted by molar-refractivity contribution is -0.167. The second kappa shape index (κ2) is 3.14. The van der Waals surface area contributed by atoms with Gasteiger partial charge in [-0.05, 0) is 19.8 Å². The molecule has 1 heterocycles. The Labute approximate surface area is 77.4 Å². The van der Waals surface area contributed by atoms with E-state index < -0.39 is 6.10 Å². The van der Waals surface area contributed by atoms with Crippen LogP contribution in [0.2, 0.25) is 0 Å². The van der Waals surface area contributed by atoms with Crippen molar-refractivity contribution in [1.82, 2.24) is 0 Å². The lowest BCUT2D eigenvalue weighted by atomic mass is 9.76. The Hall–Kier alpha value is -0.830.